The zero-order valence-corrected chi connectivity index (χ0v) is 18.6. The van der Waals surface area contributed by atoms with Crippen LogP contribution in [0, 0.1) is 12.7 Å². The van der Waals surface area contributed by atoms with Crippen molar-refractivity contribution in [1.29, 1.82) is 0 Å². The summed E-state index contributed by atoms with van der Waals surface area (Å²) in [5, 5.41) is 0. The predicted molar refractivity (Wildman–Crippen MR) is 123 cm³/mol. The Morgan fingerprint density at radius 3 is 2.28 bits per heavy atom. The van der Waals surface area contributed by atoms with Crippen molar-refractivity contribution in [1.82, 2.24) is 4.31 Å². The lowest BCUT2D eigenvalue weighted by molar-refractivity contribution is -0.114. The normalized spacial score (nSPS) is 15.7. The van der Waals surface area contributed by atoms with Crippen LogP contribution < -0.4 is 0 Å². The molecule has 0 spiro atoms. The molecule has 0 saturated heterocycles. The van der Waals surface area contributed by atoms with Gasteiger partial charge in [0.2, 0.25) is 0 Å². The molecule has 0 radical (unpaired) electrons. The van der Waals surface area contributed by atoms with E-state index in [0.29, 0.717) is 22.4 Å². The minimum atomic E-state index is -4.13. The van der Waals surface area contributed by atoms with E-state index in [1.54, 1.807) is 36.4 Å². The highest BCUT2D eigenvalue weighted by Crippen LogP contribution is 2.45. The Morgan fingerprint density at radius 2 is 1.66 bits per heavy atom. The number of fused-ring (bicyclic) bond motifs is 1. The van der Waals surface area contributed by atoms with Crippen LogP contribution in [0.4, 0.5) is 4.39 Å². The number of carbonyl (C=O) groups excluding carboxylic acids is 1. The Hall–Kier alpha value is -3.51. The number of sulfonamides is 1. The van der Waals surface area contributed by atoms with Crippen LogP contribution in [0.5, 0.6) is 0 Å². The molecule has 162 valence electrons. The summed E-state index contributed by atoms with van der Waals surface area (Å²) in [6.45, 7) is 7.10. The third-order valence-corrected chi connectivity index (χ3v) is 7.33. The van der Waals surface area contributed by atoms with Gasteiger partial charge in [-0.25, -0.2) is 12.8 Å². The first kappa shape index (κ1) is 21.7. The van der Waals surface area contributed by atoms with Gasteiger partial charge in [-0.15, -0.1) is 0 Å². The number of nitrogens with zero attached hydrogens (tertiary/aromatic N) is 1. The molecule has 1 atom stereocenters. The van der Waals surface area contributed by atoms with E-state index < -0.39 is 21.9 Å². The van der Waals surface area contributed by atoms with Crippen molar-refractivity contribution in [2.45, 2.75) is 24.8 Å². The smallest absolute Gasteiger partial charge is 0.265 e. The second-order valence-electron chi connectivity index (χ2n) is 7.77. The first-order valence-corrected chi connectivity index (χ1v) is 11.5. The maximum absolute atomic E-state index is 14.2. The summed E-state index contributed by atoms with van der Waals surface area (Å²) in [5.41, 5.74) is 3.03. The fraction of sp³-hybridized carbons (Fsp3) is 0.115. The number of carbonyl (C=O) groups is 1. The molecule has 1 aliphatic heterocycles. The molecule has 0 N–H and O–H groups in total. The molecular weight excluding hydrogens is 425 g/mol. The van der Waals surface area contributed by atoms with Crippen LogP contribution in [0.25, 0.3) is 11.8 Å². The number of Topliss-reactive ketones (excluding diaryl/α,β-unsaturated/α-hetero) is 1. The summed E-state index contributed by atoms with van der Waals surface area (Å²) in [6, 6.07) is 18.6. The quantitative estimate of drug-likeness (QED) is 0.484. The summed E-state index contributed by atoms with van der Waals surface area (Å²) in [7, 11) is -4.13. The lowest BCUT2D eigenvalue weighted by Crippen LogP contribution is -2.38. The second-order valence-corrected chi connectivity index (χ2v) is 9.58. The molecule has 0 aromatic heterocycles. The summed E-state index contributed by atoms with van der Waals surface area (Å²) >= 11 is 0. The van der Waals surface area contributed by atoms with Crippen molar-refractivity contribution < 1.29 is 17.6 Å². The molecule has 0 aliphatic carbocycles. The highest BCUT2D eigenvalue weighted by molar-refractivity contribution is 7.89. The predicted octanol–water partition coefficient (Wildman–Crippen LogP) is 5.52. The molecule has 6 heteroatoms. The van der Waals surface area contributed by atoms with Crippen LogP contribution in [0.1, 0.15) is 35.2 Å². The van der Waals surface area contributed by atoms with Crippen molar-refractivity contribution in [2.75, 3.05) is 0 Å². The first-order chi connectivity index (χ1) is 15.2. The Morgan fingerprint density at radius 1 is 1.00 bits per heavy atom. The number of hydrogen-bond acceptors (Lipinski definition) is 3. The van der Waals surface area contributed by atoms with Crippen molar-refractivity contribution in [2.24, 2.45) is 0 Å². The Kier molecular flexibility index (Phi) is 5.57. The maximum atomic E-state index is 14.2. The van der Waals surface area contributed by atoms with Crippen LogP contribution in [0.2, 0.25) is 0 Å². The molecule has 0 fully saturated rings. The van der Waals surface area contributed by atoms with Gasteiger partial charge in [0.05, 0.1) is 16.6 Å². The van der Waals surface area contributed by atoms with Gasteiger partial charge in [0, 0.05) is 5.57 Å². The number of hydrogen-bond donors (Lipinski definition) is 0. The molecule has 4 rings (SSSR count). The number of ketones is 1. The highest BCUT2D eigenvalue weighted by Gasteiger charge is 2.40. The molecule has 0 bridgehead atoms. The first-order valence-electron chi connectivity index (χ1n) is 10.1. The van der Waals surface area contributed by atoms with Gasteiger partial charge in [0.15, 0.2) is 5.78 Å². The largest absolute Gasteiger partial charge is 0.295 e. The van der Waals surface area contributed by atoms with E-state index in [2.05, 4.69) is 6.58 Å². The molecule has 1 heterocycles. The zero-order chi connectivity index (χ0) is 23.0. The average molecular weight is 448 g/mol. The fourth-order valence-electron chi connectivity index (χ4n) is 3.82. The van der Waals surface area contributed by atoms with Crippen molar-refractivity contribution >= 4 is 27.6 Å². The van der Waals surface area contributed by atoms with E-state index in [0.717, 1.165) is 5.56 Å². The minimum absolute atomic E-state index is 0.0640. The number of aryl methyl sites for hydroxylation is 1. The minimum Gasteiger partial charge on any atom is -0.295 e. The van der Waals surface area contributed by atoms with E-state index in [1.807, 2.05) is 25.1 Å². The van der Waals surface area contributed by atoms with E-state index in [-0.39, 0.29) is 16.3 Å². The van der Waals surface area contributed by atoms with Crippen molar-refractivity contribution in [3.63, 3.8) is 0 Å². The van der Waals surface area contributed by atoms with Crippen LogP contribution >= 0.6 is 0 Å². The van der Waals surface area contributed by atoms with E-state index >= 15 is 0 Å². The molecule has 0 amide bonds. The monoisotopic (exact) mass is 447 g/mol. The van der Waals surface area contributed by atoms with Gasteiger partial charge in [-0.2, -0.15) is 0 Å². The van der Waals surface area contributed by atoms with E-state index in [4.69, 9.17) is 0 Å². The highest BCUT2D eigenvalue weighted by atomic mass is 32.2. The molecule has 32 heavy (non-hydrogen) atoms. The molecule has 1 aliphatic rings. The lowest BCUT2D eigenvalue weighted by atomic mass is 9.88. The molecule has 0 unspecified atom stereocenters. The van der Waals surface area contributed by atoms with Gasteiger partial charge in [0.1, 0.15) is 5.82 Å². The lowest BCUT2D eigenvalue weighted by Gasteiger charge is -2.39. The second kappa shape index (κ2) is 8.20. The SMILES string of the molecule is C=C(C(C)=O)[C@@H]1c2cc(F)ccc2C=C(c2ccccc2)N1S(=O)(=O)c1ccc(C)cc1. The fourth-order valence-corrected chi connectivity index (χ4v) is 5.47. The van der Waals surface area contributed by atoms with E-state index in [9.17, 15) is 17.6 Å². The zero-order valence-electron chi connectivity index (χ0n) is 17.7. The van der Waals surface area contributed by atoms with E-state index in [1.165, 1.54) is 35.5 Å². The molecule has 3 aromatic rings. The van der Waals surface area contributed by atoms with Crippen molar-refractivity contribution in [3.8, 4) is 0 Å². The van der Waals surface area contributed by atoms with Gasteiger partial charge in [-0.05, 0) is 60.9 Å². The molecular formula is C26H22FNO3S. The Balaban J connectivity index is 2.04. The summed E-state index contributed by atoms with van der Waals surface area (Å²) < 4.78 is 43.3. The molecule has 4 nitrogen and oxygen atoms in total. The number of benzene rings is 3. The van der Waals surface area contributed by atoms with Gasteiger partial charge >= 0.3 is 0 Å². The van der Waals surface area contributed by atoms with Crippen LogP contribution in [-0.2, 0) is 14.8 Å². The molecule has 3 aromatic carbocycles. The van der Waals surface area contributed by atoms with Crippen LogP contribution in [0.15, 0.2) is 89.8 Å². The Labute approximate surface area is 187 Å². The Bertz CT molecular complexity index is 1340. The maximum Gasteiger partial charge on any atom is 0.265 e. The topological polar surface area (TPSA) is 54.5 Å². The van der Waals surface area contributed by atoms with Crippen LogP contribution in [-0.4, -0.2) is 18.5 Å². The van der Waals surface area contributed by atoms with Gasteiger partial charge < -0.3 is 0 Å². The summed E-state index contributed by atoms with van der Waals surface area (Å²) in [6.07, 6.45) is 1.71. The molecule has 0 saturated carbocycles. The van der Waals surface area contributed by atoms with Crippen molar-refractivity contribution in [3.05, 3.63) is 113 Å². The van der Waals surface area contributed by atoms with Gasteiger partial charge in [-0.3, -0.25) is 9.10 Å². The number of rotatable bonds is 5. The third-order valence-electron chi connectivity index (χ3n) is 5.54. The van der Waals surface area contributed by atoms with Gasteiger partial charge in [0.25, 0.3) is 10.0 Å². The summed E-state index contributed by atoms with van der Waals surface area (Å²) in [4.78, 5) is 12.5. The third kappa shape index (κ3) is 3.78. The van der Waals surface area contributed by atoms with Gasteiger partial charge in [-0.1, -0.05) is 60.7 Å². The standard InChI is InChI=1S/C26H22FNO3S/c1-17-9-13-23(14-10-17)32(30,31)28-25(20-7-5-4-6-8-20)15-21-11-12-22(27)16-24(21)26(28)18(2)19(3)29/h4-16,26H,2H2,1,3H3/t26-/m1/s1. The summed E-state index contributed by atoms with van der Waals surface area (Å²) in [5.74, 6) is -0.891. The number of halogens is 1. The average Bonchev–Trinajstić information content (AvgIpc) is 2.78. The van der Waals surface area contributed by atoms with Crippen LogP contribution in [0.3, 0.4) is 0 Å².